The summed E-state index contributed by atoms with van der Waals surface area (Å²) in [4.78, 5) is 0. The van der Waals surface area contributed by atoms with Gasteiger partial charge in [-0.25, -0.2) is 0 Å². The summed E-state index contributed by atoms with van der Waals surface area (Å²) in [5.41, 5.74) is 3.29. The summed E-state index contributed by atoms with van der Waals surface area (Å²) >= 11 is 0. The van der Waals surface area contributed by atoms with E-state index in [1.165, 1.54) is 25.7 Å². The van der Waals surface area contributed by atoms with E-state index >= 15 is 0 Å². The average molecular weight is 136 g/mol. The second kappa shape index (κ2) is 3.27. The van der Waals surface area contributed by atoms with Crippen LogP contribution in [0.2, 0.25) is 0 Å². The highest BCUT2D eigenvalue weighted by Crippen LogP contribution is 2.29. The third-order valence-electron chi connectivity index (χ3n) is 2.83. The van der Waals surface area contributed by atoms with Crippen molar-refractivity contribution in [2.75, 3.05) is 0 Å². The van der Waals surface area contributed by atoms with Gasteiger partial charge in [-0.2, -0.15) is 0 Å². The van der Waals surface area contributed by atoms with E-state index in [4.69, 9.17) is 0 Å². The van der Waals surface area contributed by atoms with E-state index in [-0.39, 0.29) is 0 Å². The summed E-state index contributed by atoms with van der Waals surface area (Å²) in [6, 6.07) is 0. The van der Waals surface area contributed by atoms with Gasteiger partial charge in [-0.05, 0) is 32.1 Å². The Morgan fingerprint density at radius 3 is 2.80 bits per heavy atom. The third-order valence-corrected chi connectivity index (χ3v) is 2.83. The molecule has 10 heavy (non-hydrogen) atoms. The van der Waals surface area contributed by atoms with Crippen molar-refractivity contribution < 1.29 is 0 Å². The van der Waals surface area contributed by atoms with Crippen LogP contribution >= 0.6 is 0 Å². The molecule has 0 amide bonds. The van der Waals surface area contributed by atoms with E-state index in [9.17, 15) is 0 Å². The molecule has 1 aliphatic rings. The van der Waals surface area contributed by atoms with Crippen LogP contribution in [0.4, 0.5) is 0 Å². The molecule has 0 aromatic heterocycles. The topological polar surface area (TPSA) is 0 Å². The standard InChI is InChI=1S/C9H17B/c1-3-8-4-5-9(10)7(2)6-8/h8H,3-6,10H2,1-2H3. The zero-order chi connectivity index (χ0) is 7.56. The monoisotopic (exact) mass is 136 g/mol. The third kappa shape index (κ3) is 1.65. The first kappa shape index (κ1) is 7.91. The highest BCUT2D eigenvalue weighted by Gasteiger charge is 2.13. The minimum Gasteiger partial charge on any atom is -0.111 e. The summed E-state index contributed by atoms with van der Waals surface area (Å²) < 4.78 is 0. The molecule has 0 aromatic carbocycles. The summed E-state index contributed by atoms with van der Waals surface area (Å²) in [5.74, 6) is 0.990. The molecular weight excluding hydrogens is 119 g/mol. The number of hydrogen-bond donors (Lipinski definition) is 0. The van der Waals surface area contributed by atoms with E-state index in [2.05, 4.69) is 21.7 Å². The molecule has 0 saturated heterocycles. The molecule has 0 radical (unpaired) electrons. The van der Waals surface area contributed by atoms with E-state index in [0.717, 1.165) is 5.92 Å². The molecule has 1 rings (SSSR count). The lowest BCUT2D eigenvalue weighted by molar-refractivity contribution is 0.448. The number of allylic oxidation sites excluding steroid dienone is 2. The van der Waals surface area contributed by atoms with Crippen LogP contribution < -0.4 is 0 Å². The lowest BCUT2D eigenvalue weighted by atomic mass is 9.76. The first-order chi connectivity index (χ1) is 4.74. The molecule has 0 heterocycles. The van der Waals surface area contributed by atoms with Gasteiger partial charge in [-0.3, -0.25) is 0 Å². The van der Waals surface area contributed by atoms with Crippen molar-refractivity contribution in [2.45, 2.75) is 39.5 Å². The molecule has 0 aliphatic heterocycles. The van der Waals surface area contributed by atoms with Crippen LogP contribution in [0, 0.1) is 5.92 Å². The van der Waals surface area contributed by atoms with E-state index in [1.807, 2.05) is 0 Å². The summed E-state index contributed by atoms with van der Waals surface area (Å²) in [5, 5.41) is 0. The molecule has 0 aromatic rings. The van der Waals surface area contributed by atoms with Crippen LogP contribution in [0.25, 0.3) is 0 Å². The van der Waals surface area contributed by atoms with Gasteiger partial charge in [0.15, 0.2) is 0 Å². The quantitative estimate of drug-likeness (QED) is 0.484. The second-order valence-corrected chi connectivity index (χ2v) is 3.58. The zero-order valence-electron chi connectivity index (χ0n) is 7.41. The Balaban J connectivity index is 2.54. The van der Waals surface area contributed by atoms with Gasteiger partial charge in [0, 0.05) is 0 Å². The van der Waals surface area contributed by atoms with Crippen LogP contribution in [-0.2, 0) is 0 Å². The molecule has 0 spiro atoms. The molecule has 1 unspecified atom stereocenters. The summed E-state index contributed by atoms with van der Waals surface area (Å²) in [6.45, 7) is 4.59. The SMILES string of the molecule is BC1=C(C)CC(CC)CC1. The molecular formula is C9H17B. The zero-order valence-corrected chi connectivity index (χ0v) is 7.41. The van der Waals surface area contributed by atoms with E-state index in [1.54, 1.807) is 11.0 Å². The molecule has 0 saturated carbocycles. The van der Waals surface area contributed by atoms with Crippen LogP contribution in [0.1, 0.15) is 39.5 Å². The van der Waals surface area contributed by atoms with Crippen molar-refractivity contribution in [2.24, 2.45) is 5.92 Å². The fraction of sp³-hybridized carbons (Fsp3) is 0.778. The first-order valence-electron chi connectivity index (χ1n) is 4.39. The van der Waals surface area contributed by atoms with E-state index in [0.29, 0.717) is 0 Å². The van der Waals surface area contributed by atoms with Crippen molar-refractivity contribution in [1.29, 1.82) is 0 Å². The maximum absolute atomic E-state index is 2.30. The molecule has 1 aliphatic carbocycles. The summed E-state index contributed by atoms with van der Waals surface area (Å²) in [7, 11) is 2.28. The Hall–Kier alpha value is -0.195. The maximum atomic E-state index is 2.30. The average Bonchev–Trinajstić information content (AvgIpc) is 1.95. The van der Waals surface area contributed by atoms with Gasteiger partial charge in [0.25, 0.3) is 0 Å². The lowest BCUT2D eigenvalue weighted by Gasteiger charge is -2.22. The van der Waals surface area contributed by atoms with Gasteiger partial charge < -0.3 is 0 Å². The largest absolute Gasteiger partial charge is 0.133 e. The van der Waals surface area contributed by atoms with Crippen molar-refractivity contribution in [1.82, 2.24) is 0 Å². The predicted molar refractivity (Wildman–Crippen MR) is 48.9 cm³/mol. The lowest BCUT2D eigenvalue weighted by Crippen LogP contribution is -2.08. The van der Waals surface area contributed by atoms with Gasteiger partial charge in [-0.1, -0.05) is 18.9 Å². The Morgan fingerprint density at radius 2 is 2.30 bits per heavy atom. The van der Waals surface area contributed by atoms with Crippen LogP contribution in [0.5, 0.6) is 0 Å². The normalized spacial score (nSPS) is 27.2. The molecule has 1 atom stereocenters. The van der Waals surface area contributed by atoms with Gasteiger partial charge in [0.2, 0.25) is 0 Å². The minimum absolute atomic E-state index is 0.990. The molecule has 0 nitrogen and oxygen atoms in total. The number of hydrogen-bond acceptors (Lipinski definition) is 0. The molecule has 56 valence electrons. The first-order valence-corrected chi connectivity index (χ1v) is 4.39. The number of rotatable bonds is 1. The van der Waals surface area contributed by atoms with Crippen molar-refractivity contribution >= 4 is 7.85 Å². The van der Waals surface area contributed by atoms with Gasteiger partial charge in [0.1, 0.15) is 7.85 Å². The molecule has 0 bridgehead atoms. The van der Waals surface area contributed by atoms with Gasteiger partial charge >= 0.3 is 0 Å². The van der Waals surface area contributed by atoms with Crippen molar-refractivity contribution in [3.8, 4) is 0 Å². The van der Waals surface area contributed by atoms with Gasteiger partial charge in [0.05, 0.1) is 0 Å². The van der Waals surface area contributed by atoms with Crippen molar-refractivity contribution in [3.05, 3.63) is 11.0 Å². The smallest absolute Gasteiger partial charge is 0.111 e. The van der Waals surface area contributed by atoms with Gasteiger partial charge in [-0.15, -0.1) is 5.47 Å². The molecule has 0 fully saturated rings. The highest BCUT2D eigenvalue weighted by molar-refractivity contribution is 6.22. The fourth-order valence-corrected chi connectivity index (χ4v) is 1.69. The molecule has 1 heteroatoms. The highest BCUT2D eigenvalue weighted by atomic mass is 14.2. The maximum Gasteiger partial charge on any atom is 0.133 e. The fourth-order valence-electron chi connectivity index (χ4n) is 1.69. The minimum atomic E-state index is 0.990. The van der Waals surface area contributed by atoms with Crippen molar-refractivity contribution in [3.63, 3.8) is 0 Å². The Labute approximate surface area is 65.1 Å². The Morgan fingerprint density at radius 1 is 1.60 bits per heavy atom. The Kier molecular flexibility index (Phi) is 2.59. The van der Waals surface area contributed by atoms with Crippen LogP contribution in [0.3, 0.4) is 0 Å². The van der Waals surface area contributed by atoms with Crippen LogP contribution in [0.15, 0.2) is 11.0 Å². The predicted octanol–water partition coefficient (Wildman–Crippen LogP) is 2.10. The van der Waals surface area contributed by atoms with Crippen LogP contribution in [-0.4, -0.2) is 7.85 Å². The Bertz CT molecular complexity index is 147. The second-order valence-electron chi connectivity index (χ2n) is 3.58. The van der Waals surface area contributed by atoms with E-state index < -0.39 is 0 Å². The molecule has 0 N–H and O–H groups in total. The summed E-state index contributed by atoms with van der Waals surface area (Å²) in [6.07, 6.45) is 5.51.